The molecule has 1 heterocycles. The smallest absolute Gasteiger partial charge is 0.394 e. The van der Waals surface area contributed by atoms with Crippen LogP contribution in [0.3, 0.4) is 0 Å². The van der Waals surface area contributed by atoms with Gasteiger partial charge in [0.05, 0.1) is 0 Å². The number of rotatable bonds is 2. The van der Waals surface area contributed by atoms with Crippen LogP contribution in [0.25, 0.3) is 0 Å². The summed E-state index contributed by atoms with van der Waals surface area (Å²) in [6.45, 7) is 1.88. The van der Waals surface area contributed by atoms with Gasteiger partial charge in [0.25, 0.3) is 0 Å². The second-order valence-electron chi connectivity index (χ2n) is 2.82. The van der Waals surface area contributed by atoms with Crippen molar-refractivity contribution in [3.63, 3.8) is 0 Å². The topological polar surface area (TPSA) is 61.6 Å². The molecule has 1 aliphatic heterocycles. The van der Waals surface area contributed by atoms with Gasteiger partial charge < -0.3 is 9.47 Å². The first-order valence-corrected chi connectivity index (χ1v) is 4.11. The fourth-order valence-electron chi connectivity index (χ4n) is 1.22. The molecule has 0 bridgehead atoms. The van der Waals surface area contributed by atoms with E-state index >= 15 is 0 Å². The van der Waals surface area contributed by atoms with E-state index < -0.39 is 11.3 Å². The van der Waals surface area contributed by atoms with Crippen LogP contribution in [0.4, 0.5) is 0 Å². The lowest BCUT2D eigenvalue weighted by Crippen LogP contribution is -2.27. The molecule has 2 rings (SSSR count). The van der Waals surface area contributed by atoms with Crippen LogP contribution in [0.1, 0.15) is 12.5 Å². The number of nitro groups is 1. The van der Waals surface area contributed by atoms with Crippen molar-refractivity contribution in [3.8, 4) is 11.5 Å². The maximum atomic E-state index is 10.4. The summed E-state index contributed by atoms with van der Waals surface area (Å²) < 4.78 is 9.90. The van der Waals surface area contributed by atoms with Gasteiger partial charge in [-0.2, -0.15) is 0 Å². The molecule has 0 N–H and O–H groups in total. The molecule has 0 aliphatic carbocycles. The normalized spacial score (nSPS) is 18.2. The third-order valence-electron chi connectivity index (χ3n) is 1.93. The molecule has 0 saturated heterocycles. The average molecular weight is 194 g/mol. The van der Waals surface area contributed by atoms with E-state index in [2.05, 4.69) is 0 Å². The van der Waals surface area contributed by atoms with Crippen LogP contribution in [0.15, 0.2) is 18.2 Å². The molecular formula is C9H8NO4. The Bertz CT molecular complexity index is 377. The molecule has 14 heavy (non-hydrogen) atoms. The number of fused-ring (bicyclic) bond motifs is 1. The van der Waals surface area contributed by atoms with Gasteiger partial charge in [-0.3, -0.25) is 10.1 Å². The minimum atomic E-state index is -1.41. The van der Waals surface area contributed by atoms with Gasteiger partial charge in [0, 0.05) is 0 Å². The second kappa shape index (κ2) is 3.17. The molecule has 0 saturated carbocycles. The monoisotopic (exact) mass is 194 g/mol. The Morgan fingerprint density at radius 1 is 1.43 bits per heavy atom. The highest BCUT2D eigenvalue weighted by atomic mass is 16.8. The molecule has 1 unspecified atom stereocenters. The Morgan fingerprint density at radius 2 is 2.14 bits per heavy atom. The number of ether oxygens (including phenoxy) is 2. The van der Waals surface area contributed by atoms with Crippen molar-refractivity contribution in [3.05, 3.63) is 40.3 Å². The summed E-state index contributed by atoms with van der Waals surface area (Å²) in [5.74, 6) is 0.833. The average Bonchev–Trinajstić information content (AvgIpc) is 2.59. The van der Waals surface area contributed by atoms with Crippen molar-refractivity contribution < 1.29 is 14.4 Å². The van der Waals surface area contributed by atoms with Gasteiger partial charge in [0.15, 0.2) is 11.5 Å². The predicted molar refractivity (Wildman–Crippen MR) is 47.6 cm³/mol. The van der Waals surface area contributed by atoms with Gasteiger partial charge in [-0.1, -0.05) is 13.0 Å². The van der Waals surface area contributed by atoms with Gasteiger partial charge in [-0.05, 0) is 24.1 Å². The molecule has 0 spiro atoms. The standard InChI is InChI=1S/C9H8NO4/c1-2-6-3-4-7-8(5-6)14-9(13-7)10(11)12/h2-5,9H,1H3. The van der Waals surface area contributed by atoms with Crippen LogP contribution in [-0.2, 0) is 0 Å². The number of benzene rings is 1. The summed E-state index contributed by atoms with van der Waals surface area (Å²) in [6, 6.07) is 5.18. The molecule has 0 fully saturated rings. The van der Waals surface area contributed by atoms with E-state index in [4.69, 9.17) is 9.47 Å². The summed E-state index contributed by atoms with van der Waals surface area (Å²) in [5.41, 5.74) is 0.941. The van der Waals surface area contributed by atoms with Crippen LogP contribution in [0.2, 0.25) is 0 Å². The molecule has 1 aromatic carbocycles. The highest BCUT2D eigenvalue weighted by Gasteiger charge is 2.33. The molecule has 0 amide bonds. The highest BCUT2D eigenvalue weighted by molar-refractivity contribution is 5.46. The molecule has 1 radical (unpaired) electrons. The van der Waals surface area contributed by atoms with Crippen molar-refractivity contribution in [1.29, 1.82) is 0 Å². The van der Waals surface area contributed by atoms with Gasteiger partial charge >= 0.3 is 6.41 Å². The van der Waals surface area contributed by atoms with Crippen molar-refractivity contribution in [2.75, 3.05) is 0 Å². The zero-order valence-electron chi connectivity index (χ0n) is 7.47. The maximum absolute atomic E-state index is 10.4. The third kappa shape index (κ3) is 1.37. The Morgan fingerprint density at radius 3 is 2.79 bits per heavy atom. The summed E-state index contributed by atoms with van der Waals surface area (Å²) in [6.07, 6.45) is 0.473. The lowest BCUT2D eigenvalue weighted by molar-refractivity contribution is -0.600. The van der Waals surface area contributed by atoms with E-state index in [0.717, 1.165) is 5.56 Å². The molecule has 5 heteroatoms. The number of hydrogen-bond donors (Lipinski definition) is 0. The van der Waals surface area contributed by atoms with E-state index in [-0.39, 0.29) is 0 Å². The van der Waals surface area contributed by atoms with Crippen molar-refractivity contribution >= 4 is 0 Å². The first kappa shape index (κ1) is 8.80. The molecule has 1 aliphatic rings. The van der Waals surface area contributed by atoms with Crippen LogP contribution < -0.4 is 9.47 Å². The predicted octanol–water partition coefficient (Wildman–Crippen LogP) is 1.59. The first-order chi connectivity index (χ1) is 6.70. The third-order valence-corrected chi connectivity index (χ3v) is 1.93. The zero-order chi connectivity index (χ0) is 10.1. The second-order valence-corrected chi connectivity index (χ2v) is 2.82. The summed E-state index contributed by atoms with van der Waals surface area (Å²) in [4.78, 5) is 9.76. The quantitative estimate of drug-likeness (QED) is 0.529. The van der Waals surface area contributed by atoms with Crippen LogP contribution in [0, 0.1) is 16.5 Å². The zero-order valence-corrected chi connectivity index (χ0v) is 7.47. The van der Waals surface area contributed by atoms with Gasteiger partial charge in [-0.15, -0.1) is 0 Å². The lowest BCUT2D eigenvalue weighted by Gasteiger charge is -1.98. The van der Waals surface area contributed by atoms with Gasteiger partial charge in [-0.25, -0.2) is 0 Å². The van der Waals surface area contributed by atoms with Crippen molar-refractivity contribution in [2.45, 2.75) is 13.3 Å². The van der Waals surface area contributed by atoms with E-state index in [1.165, 1.54) is 0 Å². The minimum Gasteiger partial charge on any atom is -0.394 e. The van der Waals surface area contributed by atoms with E-state index in [1.807, 2.05) is 19.4 Å². The van der Waals surface area contributed by atoms with Crippen molar-refractivity contribution in [2.24, 2.45) is 0 Å². The van der Waals surface area contributed by atoms with E-state index in [1.54, 1.807) is 12.1 Å². The molecule has 1 aromatic rings. The van der Waals surface area contributed by atoms with Gasteiger partial charge in [0.2, 0.25) is 0 Å². The summed E-state index contributed by atoms with van der Waals surface area (Å²) >= 11 is 0. The fraction of sp³-hybridized carbons (Fsp3) is 0.222. The van der Waals surface area contributed by atoms with Crippen LogP contribution in [0.5, 0.6) is 11.5 Å². The van der Waals surface area contributed by atoms with E-state index in [9.17, 15) is 10.1 Å². The Hall–Kier alpha value is -1.78. The molecule has 5 nitrogen and oxygen atoms in total. The van der Waals surface area contributed by atoms with E-state index in [0.29, 0.717) is 11.5 Å². The van der Waals surface area contributed by atoms with Gasteiger partial charge in [0.1, 0.15) is 4.92 Å². The maximum Gasteiger partial charge on any atom is 0.517 e. The van der Waals surface area contributed by atoms with Crippen molar-refractivity contribution in [1.82, 2.24) is 0 Å². The highest BCUT2D eigenvalue weighted by Crippen LogP contribution is 2.35. The Labute approximate surface area is 80.4 Å². The molecule has 73 valence electrons. The lowest BCUT2D eigenvalue weighted by atomic mass is 10.1. The molecule has 0 aromatic heterocycles. The largest absolute Gasteiger partial charge is 0.517 e. The minimum absolute atomic E-state index is 0.414. The number of hydrogen-bond acceptors (Lipinski definition) is 4. The first-order valence-electron chi connectivity index (χ1n) is 4.11. The summed E-state index contributed by atoms with van der Waals surface area (Å²) in [7, 11) is 0. The summed E-state index contributed by atoms with van der Waals surface area (Å²) in [5, 5.41) is 10.4. The Balaban J connectivity index is 2.27. The molecule has 1 atom stereocenters. The van der Waals surface area contributed by atoms with Crippen LogP contribution in [-0.4, -0.2) is 11.3 Å². The SMILES string of the molecule is C[CH]c1ccc2c(c1)OC([N+](=O)[O-])O2. The molecular weight excluding hydrogens is 186 g/mol. The fourth-order valence-corrected chi connectivity index (χ4v) is 1.22. The number of nitrogens with zero attached hydrogens (tertiary/aromatic N) is 1. The van der Waals surface area contributed by atoms with Crippen LogP contribution >= 0.6 is 0 Å². The Kier molecular flexibility index (Phi) is 1.99.